The van der Waals surface area contributed by atoms with Gasteiger partial charge in [0.2, 0.25) is 10.0 Å². The van der Waals surface area contributed by atoms with Crippen LogP contribution in [0.1, 0.15) is 12.5 Å². The van der Waals surface area contributed by atoms with E-state index < -0.39 is 10.0 Å². The molecule has 0 saturated carbocycles. The number of aliphatic hydroxyl groups excluding tert-OH is 1. The van der Waals surface area contributed by atoms with Gasteiger partial charge in [0.25, 0.3) is 0 Å². The summed E-state index contributed by atoms with van der Waals surface area (Å²) in [7, 11) is -3.79. The van der Waals surface area contributed by atoms with Gasteiger partial charge in [0, 0.05) is 17.4 Å². The van der Waals surface area contributed by atoms with E-state index in [9.17, 15) is 8.42 Å². The Balaban J connectivity index is 3.13. The zero-order valence-electron chi connectivity index (χ0n) is 11.5. The first-order valence-electron chi connectivity index (χ1n) is 5.93. The van der Waals surface area contributed by atoms with Crippen LogP contribution in [0.25, 0.3) is 0 Å². The predicted molar refractivity (Wildman–Crippen MR) is 88.6 cm³/mol. The van der Waals surface area contributed by atoms with Crippen molar-refractivity contribution in [3.63, 3.8) is 0 Å². The van der Waals surface area contributed by atoms with Crippen molar-refractivity contribution in [2.45, 2.75) is 17.1 Å². The molecule has 0 spiro atoms. The molecule has 0 heterocycles. The molecule has 1 aromatic rings. The second-order valence-corrected chi connectivity index (χ2v) is 7.92. The third kappa shape index (κ3) is 5.37. The van der Waals surface area contributed by atoms with Gasteiger partial charge in [0.05, 0.1) is 10.0 Å². The zero-order chi connectivity index (χ0) is 16.0. The maximum atomic E-state index is 12.3. The summed E-state index contributed by atoms with van der Waals surface area (Å²) in [5.74, 6) is 5.07. The molecule has 4 nitrogen and oxygen atoms in total. The van der Waals surface area contributed by atoms with Crippen LogP contribution in [0.5, 0.6) is 0 Å². The predicted octanol–water partition coefficient (Wildman–Crippen LogP) is 2.37. The van der Waals surface area contributed by atoms with Gasteiger partial charge in [-0.3, -0.25) is 0 Å². The molecular formula is C13H15Cl2NO3S2. The van der Waals surface area contributed by atoms with E-state index in [1.54, 1.807) is 11.8 Å². The van der Waals surface area contributed by atoms with Gasteiger partial charge in [-0.15, -0.1) is 0 Å². The summed E-state index contributed by atoms with van der Waals surface area (Å²) in [6, 6.07) is 2.81. The van der Waals surface area contributed by atoms with Crippen LogP contribution in [-0.4, -0.2) is 38.2 Å². The molecule has 0 saturated heterocycles. The summed E-state index contributed by atoms with van der Waals surface area (Å²) in [6.45, 7) is 1.88. The van der Waals surface area contributed by atoms with Crippen molar-refractivity contribution >= 4 is 45.0 Å². The monoisotopic (exact) mass is 367 g/mol. The Morgan fingerprint density at radius 1 is 1.38 bits per heavy atom. The van der Waals surface area contributed by atoms with Crippen molar-refractivity contribution in [1.82, 2.24) is 4.72 Å². The summed E-state index contributed by atoms with van der Waals surface area (Å²) in [6.07, 6.45) is 1.90. The van der Waals surface area contributed by atoms with Crippen LogP contribution < -0.4 is 4.72 Å². The third-order valence-electron chi connectivity index (χ3n) is 2.54. The highest BCUT2D eigenvalue weighted by atomic mass is 35.5. The molecule has 1 aromatic carbocycles. The lowest BCUT2D eigenvalue weighted by molar-refractivity contribution is 0.350. The van der Waals surface area contributed by atoms with Gasteiger partial charge in [-0.2, -0.15) is 11.8 Å². The van der Waals surface area contributed by atoms with E-state index in [1.165, 1.54) is 12.1 Å². The molecule has 21 heavy (non-hydrogen) atoms. The second kappa shape index (κ2) is 8.28. The van der Waals surface area contributed by atoms with Crippen molar-refractivity contribution < 1.29 is 13.5 Å². The van der Waals surface area contributed by atoms with Gasteiger partial charge in [0.15, 0.2) is 0 Å². The molecule has 1 rings (SSSR count). The van der Waals surface area contributed by atoms with Crippen LogP contribution in [-0.2, 0) is 10.0 Å². The maximum absolute atomic E-state index is 12.3. The lowest BCUT2D eigenvalue weighted by Crippen LogP contribution is -2.30. The van der Waals surface area contributed by atoms with Crippen LogP contribution in [0.4, 0.5) is 0 Å². The molecule has 1 atom stereocenters. The number of rotatable bonds is 5. The van der Waals surface area contributed by atoms with Crippen molar-refractivity contribution in [1.29, 1.82) is 0 Å². The molecule has 116 valence electrons. The summed E-state index contributed by atoms with van der Waals surface area (Å²) < 4.78 is 27.0. The molecule has 0 aliphatic carbocycles. The first-order valence-corrected chi connectivity index (χ1v) is 9.45. The minimum Gasteiger partial charge on any atom is -0.384 e. The number of hydrogen-bond acceptors (Lipinski definition) is 4. The number of thioether (sulfide) groups is 1. The highest BCUT2D eigenvalue weighted by Crippen LogP contribution is 2.30. The van der Waals surface area contributed by atoms with E-state index >= 15 is 0 Å². The topological polar surface area (TPSA) is 66.4 Å². The minimum atomic E-state index is -3.79. The smallest absolute Gasteiger partial charge is 0.243 e. The van der Waals surface area contributed by atoms with Crippen molar-refractivity contribution in [2.24, 2.45) is 0 Å². The van der Waals surface area contributed by atoms with E-state index in [0.717, 1.165) is 0 Å². The quantitative estimate of drug-likeness (QED) is 0.784. The van der Waals surface area contributed by atoms with Crippen LogP contribution in [0.3, 0.4) is 0 Å². The molecular weight excluding hydrogens is 353 g/mol. The third-order valence-corrected chi connectivity index (χ3v) is 5.86. The molecule has 0 amide bonds. The lowest BCUT2D eigenvalue weighted by Gasteiger charge is -2.13. The average Bonchev–Trinajstić information content (AvgIpc) is 2.41. The van der Waals surface area contributed by atoms with Gasteiger partial charge in [-0.1, -0.05) is 42.0 Å². The van der Waals surface area contributed by atoms with Crippen LogP contribution in [0, 0.1) is 11.8 Å². The fourth-order valence-corrected chi connectivity index (χ4v) is 4.11. The van der Waals surface area contributed by atoms with Crippen molar-refractivity contribution in [2.75, 3.05) is 19.4 Å². The highest BCUT2D eigenvalue weighted by molar-refractivity contribution is 7.99. The largest absolute Gasteiger partial charge is 0.384 e. The minimum absolute atomic E-state index is 0.00551. The Labute approximate surface area is 139 Å². The van der Waals surface area contributed by atoms with Crippen LogP contribution >= 0.6 is 35.0 Å². The first-order chi connectivity index (χ1) is 9.81. The number of halogens is 2. The van der Waals surface area contributed by atoms with Gasteiger partial charge in [-0.25, -0.2) is 13.1 Å². The van der Waals surface area contributed by atoms with Crippen LogP contribution in [0.15, 0.2) is 17.0 Å². The SMILES string of the molecule is CSC(C)CNS(=O)(=O)c1c(Cl)cc(C#CCO)cc1Cl. The molecule has 0 aromatic heterocycles. The summed E-state index contributed by atoms with van der Waals surface area (Å²) in [4.78, 5) is -0.159. The second-order valence-electron chi connectivity index (χ2n) is 4.13. The molecule has 1 unspecified atom stereocenters. The molecule has 2 N–H and O–H groups in total. The van der Waals surface area contributed by atoms with E-state index in [1.807, 2.05) is 13.2 Å². The Morgan fingerprint density at radius 3 is 2.43 bits per heavy atom. The van der Waals surface area contributed by atoms with Gasteiger partial charge in [-0.05, 0) is 18.4 Å². The normalized spacial score (nSPS) is 12.6. The molecule has 0 bridgehead atoms. The summed E-state index contributed by atoms with van der Waals surface area (Å²) >= 11 is 13.6. The number of sulfonamides is 1. The zero-order valence-corrected chi connectivity index (χ0v) is 14.6. The Hall–Kier alpha value is -0.420. The number of aliphatic hydroxyl groups is 1. The Kier molecular flexibility index (Phi) is 7.34. The Bertz CT molecular complexity index is 643. The van der Waals surface area contributed by atoms with Crippen LogP contribution in [0.2, 0.25) is 10.0 Å². The Morgan fingerprint density at radius 2 is 1.95 bits per heavy atom. The number of benzene rings is 1. The standard InChI is InChI=1S/C13H15Cl2NO3S2/c1-9(20-2)8-16-21(18,19)13-11(14)6-10(4-3-5-17)7-12(13)15/h6-7,9,16-17H,5,8H2,1-2H3. The van der Waals surface area contributed by atoms with Gasteiger partial charge >= 0.3 is 0 Å². The maximum Gasteiger partial charge on any atom is 0.243 e. The first kappa shape index (κ1) is 18.6. The molecule has 0 aliphatic rings. The molecule has 0 radical (unpaired) electrons. The highest BCUT2D eigenvalue weighted by Gasteiger charge is 2.22. The van der Waals surface area contributed by atoms with E-state index in [0.29, 0.717) is 5.56 Å². The summed E-state index contributed by atoms with van der Waals surface area (Å²) in [5.41, 5.74) is 0.440. The van der Waals surface area contributed by atoms with Crippen molar-refractivity contribution in [3.8, 4) is 11.8 Å². The molecule has 0 fully saturated rings. The fraction of sp³-hybridized carbons (Fsp3) is 0.385. The average molecular weight is 368 g/mol. The number of hydrogen-bond donors (Lipinski definition) is 2. The van der Waals surface area contributed by atoms with Gasteiger partial charge in [0.1, 0.15) is 11.5 Å². The summed E-state index contributed by atoms with van der Waals surface area (Å²) in [5, 5.41) is 8.77. The van der Waals surface area contributed by atoms with E-state index in [2.05, 4.69) is 16.6 Å². The van der Waals surface area contributed by atoms with Gasteiger partial charge < -0.3 is 5.11 Å². The molecule has 8 heteroatoms. The molecule has 0 aliphatic heterocycles. The lowest BCUT2D eigenvalue weighted by atomic mass is 10.2. The van der Waals surface area contributed by atoms with E-state index in [4.69, 9.17) is 28.3 Å². The fourth-order valence-electron chi connectivity index (χ4n) is 1.41. The number of nitrogens with one attached hydrogen (secondary N) is 1. The van der Waals surface area contributed by atoms with E-state index in [-0.39, 0.29) is 33.3 Å². The van der Waals surface area contributed by atoms with Crippen molar-refractivity contribution in [3.05, 3.63) is 27.7 Å².